The summed E-state index contributed by atoms with van der Waals surface area (Å²) in [6.45, 7) is 27.6. The van der Waals surface area contributed by atoms with Crippen molar-refractivity contribution in [3.8, 4) is 0 Å². The van der Waals surface area contributed by atoms with Gasteiger partial charge < -0.3 is 4.90 Å². The number of hydrogen-bond acceptors (Lipinski definition) is 1. The summed E-state index contributed by atoms with van der Waals surface area (Å²) in [5, 5.41) is 0. The predicted molar refractivity (Wildman–Crippen MR) is 88.3 cm³/mol. The monoisotopic (exact) mass is 267 g/mol. The van der Waals surface area contributed by atoms with E-state index >= 15 is 0 Å². The van der Waals surface area contributed by atoms with Gasteiger partial charge in [-0.05, 0) is 47.0 Å². The largest absolute Gasteiger partial charge is 0.365 e. The van der Waals surface area contributed by atoms with Gasteiger partial charge in [-0.2, -0.15) is 0 Å². The maximum Gasteiger partial charge on any atom is 0.0320 e. The molecule has 0 saturated carbocycles. The molecule has 0 aliphatic carbocycles. The van der Waals surface area contributed by atoms with Gasteiger partial charge in [-0.25, -0.2) is 0 Å². The fraction of sp³-hybridized carbons (Fsp3) is 0.889. The maximum absolute atomic E-state index is 2.59. The summed E-state index contributed by atoms with van der Waals surface area (Å²) >= 11 is 0. The lowest BCUT2D eigenvalue weighted by molar-refractivity contribution is 0.0524. The van der Waals surface area contributed by atoms with Crippen LogP contribution < -0.4 is 0 Å². The highest BCUT2D eigenvalue weighted by molar-refractivity contribution is 5.18. The normalized spacial score (nSPS) is 15.7. The Labute approximate surface area is 122 Å². The van der Waals surface area contributed by atoms with Crippen LogP contribution in [-0.4, -0.2) is 16.0 Å². The van der Waals surface area contributed by atoms with Crippen molar-refractivity contribution in [2.24, 2.45) is 10.8 Å². The Bertz CT molecular complexity index is 307. The van der Waals surface area contributed by atoms with E-state index in [4.69, 9.17) is 0 Å². The molecule has 19 heavy (non-hydrogen) atoms. The van der Waals surface area contributed by atoms with Crippen LogP contribution in [0.15, 0.2) is 11.8 Å². The molecule has 0 fully saturated rings. The standard InChI is InChI=1S/C18H37N/c1-15(2,3)13-14(16(4,5)6)19(17(7,8)9)18(10,11)12/h13H,1-12H3/b14-13+. The predicted octanol–water partition coefficient (Wildman–Crippen LogP) is 5.86. The van der Waals surface area contributed by atoms with Crippen molar-refractivity contribution in [3.63, 3.8) is 0 Å². The molecule has 0 aromatic rings. The molecule has 0 unspecified atom stereocenters. The molecule has 0 bridgehead atoms. The van der Waals surface area contributed by atoms with Crippen molar-refractivity contribution in [1.82, 2.24) is 4.90 Å². The molecule has 0 N–H and O–H groups in total. The van der Waals surface area contributed by atoms with E-state index in [1.54, 1.807) is 0 Å². The van der Waals surface area contributed by atoms with E-state index in [2.05, 4.69) is 94.1 Å². The van der Waals surface area contributed by atoms with Crippen LogP contribution in [0.1, 0.15) is 83.1 Å². The lowest BCUT2D eigenvalue weighted by Gasteiger charge is -2.52. The molecular weight excluding hydrogens is 230 g/mol. The van der Waals surface area contributed by atoms with Gasteiger partial charge in [-0.3, -0.25) is 0 Å². The highest BCUT2D eigenvalue weighted by Crippen LogP contribution is 2.40. The van der Waals surface area contributed by atoms with E-state index in [0.29, 0.717) is 0 Å². The first-order valence-corrected chi connectivity index (χ1v) is 7.50. The van der Waals surface area contributed by atoms with Crippen LogP contribution in [0, 0.1) is 10.8 Å². The van der Waals surface area contributed by atoms with Crippen LogP contribution in [0.5, 0.6) is 0 Å². The minimum absolute atomic E-state index is 0.114. The van der Waals surface area contributed by atoms with Crippen LogP contribution in [-0.2, 0) is 0 Å². The van der Waals surface area contributed by atoms with Gasteiger partial charge in [0.2, 0.25) is 0 Å². The molecule has 0 aromatic heterocycles. The van der Waals surface area contributed by atoms with Crippen molar-refractivity contribution in [2.45, 2.75) is 94.2 Å². The molecule has 0 amide bonds. The SMILES string of the molecule is CC(C)(C)/C=C(/N(C(C)(C)C)C(C)(C)C)C(C)(C)C. The van der Waals surface area contributed by atoms with Crippen LogP contribution in [0.2, 0.25) is 0 Å². The molecule has 0 spiro atoms. The molecule has 0 radical (unpaired) electrons. The Balaban J connectivity index is 6.04. The lowest BCUT2D eigenvalue weighted by atomic mass is 9.81. The van der Waals surface area contributed by atoms with Crippen molar-refractivity contribution in [1.29, 1.82) is 0 Å². The van der Waals surface area contributed by atoms with Gasteiger partial charge in [0, 0.05) is 22.2 Å². The smallest absolute Gasteiger partial charge is 0.0320 e. The number of rotatable bonds is 1. The molecule has 0 rings (SSSR count). The minimum atomic E-state index is 0.114. The molecule has 0 aliphatic heterocycles. The van der Waals surface area contributed by atoms with Crippen LogP contribution in [0.4, 0.5) is 0 Å². The summed E-state index contributed by atoms with van der Waals surface area (Å²) < 4.78 is 0. The first kappa shape index (κ1) is 18.5. The Hall–Kier alpha value is -0.460. The molecule has 0 saturated heterocycles. The second-order valence-corrected chi connectivity index (χ2v) is 9.82. The molecule has 1 nitrogen and oxygen atoms in total. The topological polar surface area (TPSA) is 3.24 Å². The highest BCUT2D eigenvalue weighted by Gasteiger charge is 2.37. The van der Waals surface area contributed by atoms with E-state index < -0.39 is 0 Å². The molecule has 0 heterocycles. The molecule has 1 heteroatoms. The minimum Gasteiger partial charge on any atom is -0.365 e. The third-order valence-electron chi connectivity index (χ3n) is 2.92. The first-order chi connectivity index (χ1) is 7.96. The number of nitrogens with zero attached hydrogens (tertiary/aromatic N) is 1. The van der Waals surface area contributed by atoms with Crippen molar-refractivity contribution < 1.29 is 0 Å². The number of allylic oxidation sites excluding steroid dienone is 2. The van der Waals surface area contributed by atoms with Crippen molar-refractivity contribution in [3.05, 3.63) is 11.8 Å². The molecule has 0 aliphatic rings. The van der Waals surface area contributed by atoms with Crippen molar-refractivity contribution >= 4 is 0 Å². The van der Waals surface area contributed by atoms with Crippen LogP contribution in [0.25, 0.3) is 0 Å². The van der Waals surface area contributed by atoms with Gasteiger partial charge in [0.1, 0.15) is 0 Å². The Morgan fingerprint density at radius 2 is 0.947 bits per heavy atom. The van der Waals surface area contributed by atoms with E-state index in [-0.39, 0.29) is 21.9 Å². The summed E-state index contributed by atoms with van der Waals surface area (Å²) in [6.07, 6.45) is 2.45. The van der Waals surface area contributed by atoms with Crippen molar-refractivity contribution in [2.75, 3.05) is 0 Å². The third-order valence-corrected chi connectivity index (χ3v) is 2.92. The maximum atomic E-state index is 2.59. The second-order valence-electron chi connectivity index (χ2n) is 9.82. The number of hydrogen-bond donors (Lipinski definition) is 0. The molecule has 114 valence electrons. The Morgan fingerprint density at radius 3 is 1.11 bits per heavy atom. The fourth-order valence-corrected chi connectivity index (χ4v) is 2.76. The summed E-state index contributed by atoms with van der Waals surface area (Å²) in [5.74, 6) is 0. The zero-order chi connectivity index (χ0) is 15.9. The highest BCUT2D eigenvalue weighted by atomic mass is 15.3. The third kappa shape index (κ3) is 6.01. The average Bonchev–Trinajstić information content (AvgIpc) is 1.91. The first-order valence-electron chi connectivity index (χ1n) is 7.50. The van der Waals surface area contributed by atoms with E-state index in [1.165, 1.54) is 5.70 Å². The van der Waals surface area contributed by atoms with Gasteiger partial charge in [0.15, 0.2) is 0 Å². The summed E-state index contributed by atoms with van der Waals surface area (Å²) in [7, 11) is 0. The molecule has 0 aromatic carbocycles. The molecular formula is C18H37N. The van der Waals surface area contributed by atoms with Crippen LogP contribution in [0.3, 0.4) is 0 Å². The lowest BCUT2D eigenvalue weighted by Crippen LogP contribution is -2.54. The van der Waals surface area contributed by atoms with Gasteiger partial charge in [0.05, 0.1) is 0 Å². The quantitative estimate of drug-likeness (QED) is 0.575. The zero-order valence-corrected chi connectivity index (χ0v) is 15.5. The van der Waals surface area contributed by atoms with Gasteiger partial charge in [-0.1, -0.05) is 47.6 Å². The summed E-state index contributed by atoms with van der Waals surface area (Å²) in [5.41, 5.74) is 2.01. The second kappa shape index (κ2) is 5.14. The zero-order valence-electron chi connectivity index (χ0n) is 15.5. The van der Waals surface area contributed by atoms with E-state index in [1.807, 2.05) is 0 Å². The van der Waals surface area contributed by atoms with Gasteiger partial charge in [-0.15, -0.1) is 0 Å². The average molecular weight is 268 g/mol. The Morgan fingerprint density at radius 1 is 0.632 bits per heavy atom. The summed E-state index contributed by atoms with van der Waals surface area (Å²) in [6, 6.07) is 0. The van der Waals surface area contributed by atoms with Crippen LogP contribution >= 0.6 is 0 Å². The summed E-state index contributed by atoms with van der Waals surface area (Å²) in [4.78, 5) is 2.59. The van der Waals surface area contributed by atoms with Gasteiger partial charge >= 0.3 is 0 Å². The Kier molecular flexibility index (Phi) is 5.02. The van der Waals surface area contributed by atoms with E-state index in [0.717, 1.165) is 0 Å². The molecule has 0 atom stereocenters. The van der Waals surface area contributed by atoms with E-state index in [9.17, 15) is 0 Å². The van der Waals surface area contributed by atoms with Gasteiger partial charge in [0.25, 0.3) is 0 Å². The fourth-order valence-electron chi connectivity index (χ4n) is 2.76.